The van der Waals surface area contributed by atoms with Gasteiger partial charge in [-0.1, -0.05) is 0 Å². The molecule has 2 aliphatic rings. The Morgan fingerprint density at radius 1 is 1.25 bits per heavy atom. The fraction of sp³-hybridized carbons (Fsp3) is 1.00. The molecule has 0 spiro atoms. The average Bonchev–Trinajstić information content (AvgIpc) is 3.26. The molecule has 6 nitrogen and oxygen atoms in total. The minimum Gasteiger partial charge on any atom is -0.377 e. The van der Waals surface area contributed by atoms with Crippen molar-refractivity contribution in [1.82, 2.24) is 14.3 Å². The van der Waals surface area contributed by atoms with Crippen LogP contribution in [-0.2, 0) is 14.9 Å². The Morgan fingerprint density at radius 3 is 2.70 bits per heavy atom. The van der Waals surface area contributed by atoms with Crippen molar-refractivity contribution in [2.75, 3.05) is 33.3 Å². The van der Waals surface area contributed by atoms with Crippen molar-refractivity contribution in [3.8, 4) is 0 Å². The summed E-state index contributed by atoms with van der Waals surface area (Å²) in [6, 6.07) is 0.679. The lowest BCUT2D eigenvalue weighted by Gasteiger charge is -2.24. The van der Waals surface area contributed by atoms with E-state index in [1.54, 1.807) is 7.05 Å². The summed E-state index contributed by atoms with van der Waals surface area (Å²) in [6.07, 6.45) is 6.54. The first-order valence-electron chi connectivity index (χ1n) is 7.64. The molecule has 0 bridgehead atoms. The predicted molar refractivity (Wildman–Crippen MR) is 78.8 cm³/mol. The highest BCUT2D eigenvalue weighted by Gasteiger charge is 2.22. The molecule has 0 radical (unpaired) electrons. The molecule has 0 aromatic carbocycles. The zero-order valence-corrected chi connectivity index (χ0v) is 13.1. The van der Waals surface area contributed by atoms with Crippen molar-refractivity contribution >= 4 is 10.2 Å². The topological polar surface area (TPSA) is 70.7 Å². The van der Waals surface area contributed by atoms with Gasteiger partial charge in [-0.25, -0.2) is 0 Å². The molecule has 20 heavy (non-hydrogen) atoms. The Kier molecular flexibility index (Phi) is 6.22. The van der Waals surface area contributed by atoms with Crippen LogP contribution in [0.3, 0.4) is 0 Å². The molecule has 1 saturated heterocycles. The number of rotatable bonds is 9. The number of hydrogen-bond acceptors (Lipinski definition) is 4. The summed E-state index contributed by atoms with van der Waals surface area (Å²) >= 11 is 0. The van der Waals surface area contributed by atoms with Crippen LogP contribution in [-0.4, -0.2) is 58.2 Å². The molecule has 0 aromatic heterocycles. The van der Waals surface area contributed by atoms with Crippen LogP contribution in [0.1, 0.15) is 38.5 Å². The van der Waals surface area contributed by atoms with Crippen LogP contribution in [0.5, 0.6) is 0 Å². The zero-order chi connectivity index (χ0) is 14.4. The lowest BCUT2D eigenvalue weighted by atomic mass is 10.1. The number of nitrogens with zero attached hydrogens (tertiary/aromatic N) is 1. The Morgan fingerprint density at radius 2 is 2.05 bits per heavy atom. The molecule has 2 N–H and O–H groups in total. The standard InChI is InChI=1S/C13H27N3O3S/c1-16(9-4-8-14-12-6-7-12)20(17,18)15-11-13-5-2-3-10-19-13/h12-15H,2-11H2,1H3. The molecule has 1 unspecified atom stereocenters. The fourth-order valence-electron chi connectivity index (χ4n) is 2.29. The van der Waals surface area contributed by atoms with Crippen molar-refractivity contribution < 1.29 is 13.2 Å². The van der Waals surface area contributed by atoms with Crippen LogP contribution in [0.25, 0.3) is 0 Å². The summed E-state index contributed by atoms with van der Waals surface area (Å²) in [5, 5.41) is 3.39. The molecule has 1 saturated carbocycles. The van der Waals surface area contributed by atoms with Gasteiger partial charge in [-0.15, -0.1) is 0 Å². The molecule has 7 heteroatoms. The van der Waals surface area contributed by atoms with E-state index in [9.17, 15) is 8.42 Å². The molecule has 1 atom stereocenters. The van der Waals surface area contributed by atoms with Gasteiger partial charge >= 0.3 is 0 Å². The molecule has 1 aliphatic carbocycles. The first-order valence-corrected chi connectivity index (χ1v) is 9.08. The second-order valence-electron chi connectivity index (χ2n) is 5.75. The Balaban J connectivity index is 1.62. The van der Waals surface area contributed by atoms with Crippen molar-refractivity contribution in [2.45, 2.75) is 50.7 Å². The quantitative estimate of drug-likeness (QED) is 0.607. The minimum absolute atomic E-state index is 0.0310. The van der Waals surface area contributed by atoms with Gasteiger partial charge in [0.2, 0.25) is 0 Å². The van der Waals surface area contributed by atoms with Gasteiger partial charge in [0, 0.05) is 32.8 Å². The summed E-state index contributed by atoms with van der Waals surface area (Å²) in [5.41, 5.74) is 0. The first-order chi connectivity index (χ1) is 9.58. The highest BCUT2D eigenvalue weighted by atomic mass is 32.2. The van der Waals surface area contributed by atoms with E-state index in [-0.39, 0.29) is 6.10 Å². The normalized spacial score (nSPS) is 24.2. The summed E-state index contributed by atoms with van der Waals surface area (Å²) in [6.45, 7) is 2.55. The van der Waals surface area contributed by atoms with E-state index in [0.29, 0.717) is 19.1 Å². The monoisotopic (exact) mass is 305 g/mol. The second kappa shape index (κ2) is 7.70. The molecular weight excluding hydrogens is 278 g/mol. The molecular formula is C13H27N3O3S. The van der Waals surface area contributed by atoms with Crippen LogP contribution < -0.4 is 10.0 Å². The van der Waals surface area contributed by atoms with E-state index in [1.165, 1.54) is 17.1 Å². The maximum atomic E-state index is 12.1. The molecule has 1 aliphatic heterocycles. The first kappa shape index (κ1) is 16.2. The minimum atomic E-state index is -3.37. The third-order valence-corrected chi connectivity index (χ3v) is 5.37. The van der Waals surface area contributed by atoms with E-state index in [1.807, 2.05) is 0 Å². The van der Waals surface area contributed by atoms with Crippen molar-refractivity contribution in [1.29, 1.82) is 0 Å². The van der Waals surface area contributed by atoms with Gasteiger partial charge in [0.05, 0.1) is 6.10 Å². The van der Waals surface area contributed by atoms with E-state index >= 15 is 0 Å². The highest BCUT2D eigenvalue weighted by Crippen LogP contribution is 2.18. The number of nitrogens with one attached hydrogen (secondary N) is 2. The second-order valence-corrected chi connectivity index (χ2v) is 7.61. The zero-order valence-electron chi connectivity index (χ0n) is 12.3. The van der Waals surface area contributed by atoms with Gasteiger partial charge < -0.3 is 10.1 Å². The Labute approximate surface area is 122 Å². The molecule has 1 heterocycles. The average molecular weight is 305 g/mol. The lowest BCUT2D eigenvalue weighted by Crippen LogP contribution is -2.43. The molecule has 2 fully saturated rings. The van der Waals surface area contributed by atoms with E-state index in [0.717, 1.165) is 38.8 Å². The third-order valence-electron chi connectivity index (χ3n) is 3.84. The largest absolute Gasteiger partial charge is 0.377 e. The van der Waals surface area contributed by atoms with Crippen LogP contribution in [0.15, 0.2) is 0 Å². The molecule has 118 valence electrons. The van der Waals surface area contributed by atoms with Gasteiger partial charge in [-0.2, -0.15) is 17.4 Å². The van der Waals surface area contributed by atoms with Crippen molar-refractivity contribution in [3.05, 3.63) is 0 Å². The SMILES string of the molecule is CN(CCCNC1CC1)S(=O)(=O)NCC1CCCCO1. The van der Waals surface area contributed by atoms with Gasteiger partial charge in [0.25, 0.3) is 10.2 Å². The van der Waals surface area contributed by atoms with Gasteiger partial charge in [0.1, 0.15) is 0 Å². The van der Waals surface area contributed by atoms with Crippen LogP contribution in [0, 0.1) is 0 Å². The smallest absolute Gasteiger partial charge is 0.279 e. The van der Waals surface area contributed by atoms with Crippen molar-refractivity contribution in [3.63, 3.8) is 0 Å². The van der Waals surface area contributed by atoms with Crippen LogP contribution in [0.2, 0.25) is 0 Å². The maximum Gasteiger partial charge on any atom is 0.279 e. The van der Waals surface area contributed by atoms with Gasteiger partial charge in [-0.3, -0.25) is 0 Å². The molecule has 2 rings (SSSR count). The summed E-state index contributed by atoms with van der Waals surface area (Å²) in [5.74, 6) is 0. The van der Waals surface area contributed by atoms with E-state index < -0.39 is 10.2 Å². The van der Waals surface area contributed by atoms with Crippen molar-refractivity contribution in [2.24, 2.45) is 0 Å². The number of hydrogen-bond donors (Lipinski definition) is 2. The lowest BCUT2D eigenvalue weighted by molar-refractivity contribution is 0.0198. The van der Waals surface area contributed by atoms with Gasteiger partial charge in [0.15, 0.2) is 0 Å². The molecule has 0 aromatic rings. The third kappa shape index (κ3) is 5.65. The number of ether oxygens (including phenoxy) is 1. The Hall–Kier alpha value is -0.210. The van der Waals surface area contributed by atoms with E-state index in [4.69, 9.17) is 4.74 Å². The summed E-state index contributed by atoms with van der Waals surface area (Å²) < 4.78 is 33.7. The highest BCUT2D eigenvalue weighted by molar-refractivity contribution is 7.87. The van der Waals surface area contributed by atoms with Crippen LogP contribution >= 0.6 is 0 Å². The van der Waals surface area contributed by atoms with Crippen LogP contribution in [0.4, 0.5) is 0 Å². The summed E-state index contributed by atoms with van der Waals surface area (Å²) in [4.78, 5) is 0. The Bertz CT molecular complexity index is 378. The molecule has 0 amide bonds. The van der Waals surface area contributed by atoms with E-state index in [2.05, 4.69) is 10.0 Å². The summed E-state index contributed by atoms with van der Waals surface area (Å²) in [7, 11) is -1.74. The predicted octanol–water partition coefficient (Wildman–Crippen LogP) is 0.464. The van der Waals surface area contributed by atoms with Gasteiger partial charge in [-0.05, 0) is 45.1 Å². The maximum absolute atomic E-state index is 12.1. The fourth-order valence-corrected chi connectivity index (χ4v) is 3.28.